The van der Waals surface area contributed by atoms with E-state index >= 15 is 4.39 Å². The molecule has 0 saturated carbocycles. The Kier molecular flexibility index (Phi) is 10.1. The van der Waals surface area contributed by atoms with Gasteiger partial charge in [-0.25, -0.2) is 14.4 Å². The van der Waals surface area contributed by atoms with Gasteiger partial charge in [0.15, 0.2) is 5.82 Å². The zero-order valence-electron chi connectivity index (χ0n) is 24.4. The average molecular weight is 563 g/mol. The van der Waals surface area contributed by atoms with Crippen molar-refractivity contribution in [3.8, 4) is 11.4 Å². The lowest BCUT2D eigenvalue weighted by molar-refractivity contribution is -0.151. The number of nitrogens with one attached hydrogen (secondary N) is 1. The first-order chi connectivity index (χ1) is 19.7. The van der Waals surface area contributed by atoms with Gasteiger partial charge in [0.05, 0.1) is 11.7 Å². The predicted octanol–water partition coefficient (Wildman–Crippen LogP) is 3.94. The van der Waals surface area contributed by atoms with E-state index in [0.717, 1.165) is 16.7 Å². The van der Waals surface area contributed by atoms with Crippen molar-refractivity contribution >= 4 is 11.8 Å². The highest BCUT2D eigenvalue weighted by atomic mass is 19.1. The molecule has 2 aromatic heterocycles. The molecule has 1 saturated heterocycles. The van der Waals surface area contributed by atoms with E-state index in [2.05, 4.69) is 25.2 Å². The lowest BCUT2D eigenvalue weighted by Gasteiger charge is -2.47. The number of amides is 2. The summed E-state index contributed by atoms with van der Waals surface area (Å²) in [5.74, 6) is -0.367. The van der Waals surface area contributed by atoms with Gasteiger partial charge in [-0.1, -0.05) is 38.1 Å². The van der Waals surface area contributed by atoms with Gasteiger partial charge in [-0.3, -0.25) is 19.5 Å². The number of rotatable bonds is 10. The highest BCUT2D eigenvalue weighted by Gasteiger charge is 2.42. The van der Waals surface area contributed by atoms with Crippen LogP contribution in [-0.4, -0.2) is 75.5 Å². The SMILES string of the molecule is COCC[C@H](c1ncc(C)cc1F)N1C[C@@H](C)N(C(=O)C(C)C)[C@@H](C(=O)NCc2ccc(-c3ncccn3)cc2)C1. The summed E-state index contributed by atoms with van der Waals surface area (Å²) < 4.78 is 20.4. The van der Waals surface area contributed by atoms with Crippen LogP contribution in [0, 0.1) is 18.7 Å². The smallest absolute Gasteiger partial charge is 0.244 e. The summed E-state index contributed by atoms with van der Waals surface area (Å²) in [6, 6.07) is 9.50. The molecule has 0 radical (unpaired) electrons. The van der Waals surface area contributed by atoms with Crippen LogP contribution in [0.3, 0.4) is 0 Å². The number of pyridine rings is 1. The second kappa shape index (κ2) is 13.7. The Bertz CT molecular complexity index is 1320. The predicted molar refractivity (Wildman–Crippen MR) is 154 cm³/mol. The van der Waals surface area contributed by atoms with Gasteiger partial charge < -0.3 is 15.0 Å². The summed E-state index contributed by atoms with van der Waals surface area (Å²) in [6.45, 7) is 8.83. The molecule has 218 valence electrons. The normalized spacial score (nSPS) is 18.4. The lowest BCUT2D eigenvalue weighted by atomic mass is 9.98. The second-order valence-electron chi connectivity index (χ2n) is 10.9. The van der Waals surface area contributed by atoms with E-state index in [1.54, 1.807) is 43.6 Å². The minimum absolute atomic E-state index is 0.0856. The van der Waals surface area contributed by atoms with Crippen LogP contribution >= 0.6 is 0 Å². The molecule has 10 heteroatoms. The van der Waals surface area contributed by atoms with E-state index in [-0.39, 0.29) is 36.1 Å². The summed E-state index contributed by atoms with van der Waals surface area (Å²) in [6.07, 6.45) is 5.54. The molecule has 0 unspecified atom stereocenters. The Morgan fingerprint density at radius 1 is 1.12 bits per heavy atom. The van der Waals surface area contributed by atoms with Crippen LogP contribution in [0.5, 0.6) is 0 Å². The average Bonchev–Trinajstić information content (AvgIpc) is 2.97. The van der Waals surface area contributed by atoms with Gasteiger partial charge in [-0.05, 0) is 43.5 Å². The minimum Gasteiger partial charge on any atom is -0.385 e. The van der Waals surface area contributed by atoms with E-state index in [0.29, 0.717) is 37.6 Å². The molecule has 3 heterocycles. The number of methoxy groups -OCH3 is 1. The molecule has 2 amide bonds. The molecule has 1 aliphatic rings. The van der Waals surface area contributed by atoms with E-state index < -0.39 is 12.1 Å². The third-order valence-corrected chi connectivity index (χ3v) is 7.37. The first kappa shape index (κ1) is 30.2. The molecule has 1 aliphatic heterocycles. The van der Waals surface area contributed by atoms with Crippen molar-refractivity contribution < 1.29 is 18.7 Å². The maximum absolute atomic E-state index is 15.1. The topological polar surface area (TPSA) is 101 Å². The fourth-order valence-electron chi connectivity index (χ4n) is 5.29. The van der Waals surface area contributed by atoms with Gasteiger partial charge in [0.1, 0.15) is 11.9 Å². The van der Waals surface area contributed by atoms with Crippen LogP contribution in [0.25, 0.3) is 11.4 Å². The van der Waals surface area contributed by atoms with Crippen molar-refractivity contribution in [2.24, 2.45) is 5.92 Å². The number of nitrogens with zero attached hydrogens (tertiary/aromatic N) is 5. The van der Waals surface area contributed by atoms with E-state index in [1.807, 2.05) is 45.0 Å². The Hall–Kier alpha value is -3.76. The Labute approximate surface area is 241 Å². The zero-order valence-corrected chi connectivity index (χ0v) is 24.4. The standard InChI is InChI=1S/C31H39FN6O3/c1-20(2)31(40)38-22(4)18-37(26(11-14-41-5)28-25(32)15-21(3)16-35-28)19-27(38)30(39)36-17-23-7-9-24(10-8-23)29-33-12-6-13-34-29/h6-10,12-13,15-16,20,22,26-27H,11,14,17-19H2,1-5H3,(H,36,39)/t22-,26-,27-/m1/s1. The second-order valence-corrected chi connectivity index (χ2v) is 10.9. The maximum atomic E-state index is 15.1. The van der Waals surface area contributed by atoms with Gasteiger partial charge in [-0.15, -0.1) is 0 Å². The summed E-state index contributed by atoms with van der Waals surface area (Å²) in [4.78, 5) is 43.7. The van der Waals surface area contributed by atoms with E-state index in [9.17, 15) is 9.59 Å². The molecule has 0 aliphatic carbocycles. The van der Waals surface area contributed by atoms with Gasteiger partial charge in [0.25, 0.3) is 0 Å². The fraction of sp³-hybridized carbons (Fsp3) is 0.452. The molecule has 1 N–H and O–H groups in total. The van der Waals surface area contributed by atoms with Crippen molar-refractivity contribution in [1.82, 2.24) is 30.1 Å². The van der Waals surface area contributed by atoms with E-state index in [4.69, 9.17) is 4.74 Å². The van der Waals surface area contributed by atoms with Crippen molar-refractivity contribution in [2.75, 3.05) is 26.8 Å². The van der Waals surface area contributed by atoms with Gasteiger partial charge in [0, 0.05) is 69.5 Å². The highest BCUT2D eigenvalue weighted by Crippen LogP contribution is 2.31. The fourth-order valence-corrected chi connectivity index (χ4v) is 5.29. The summed E-state index contributed by atoms with van der Waals surface area (Å²) in [5, 5.41) is 3.03. The zero-order chi connectivity index (χ0) is 29.5. The number of carbonyl (C=O) groups excluding carboxylic acids is 2. The molecule has 1 aromatic carbocycles. The molecular weight excluding hydrogens is 523 g/mol. The third kappa shape index (κ3) is 7.31. The lowest BCUT2D eigenvalue weighted by Crippen LogP contribution is -2.65. The van der Waals surface area contributed by atoms with Crippen molar-refractivity contribution in [3.63, 3.8) is 0 Å². The van der Waals surface area contributed by atoms with Gasteiger partial charge >= 0.3 is 0 Å². The monoisotopic (exact) mass is 562 g/mol. The van der Waals surface area contributed by atoms with Crippen LogP contribution in [0.15, 0.2) is 55.0 Å². The molecule has 3 aromatic rings. The number of aryl methyl sites for hydroxylation is 1. The Morgan fingerprint density at radius 2 is 1.83 bits per heavy atom. The largest absolute Gasteiger partial charge is 0.385 e. The Balaban J connectivity index is 1.55. The number of ether oxygens (including phenoxy) is 1. The quantitative estimate of drug-likeness (QED) is 0.400. The van der Waals surface area contributed by atoms with Crippen LogP contribution < -0.4 is 5.32 Å². The molecule has 3 atom stereocenters. The molecule has 0 spiro atoms. The molecule has 0 bridgehead atoms. The van der Waals surface area contributed by atoms with Gasteiger partial charge in [-0.2, -0.15) is 0 Å². The van der Waals surface area contributed by atoms with Crippen molar-refractivity contribution in [1.29, 1.82) is 0 Å². The van der Waals surface area contributed by atoms with Crippen molar-refractivity contribution in [3.05, 3.63) is 77.6 Å². The maximum Gasteiger partial charge on any atom is 0.244 e. The number of hydrogen-bond donors (Lipinski definition) is 1. The number of piperazine rings is 1. The minimum atomic E-state index is -0.746. The molecule has 9 nitrogen and oxygen atoms in total. The molecule has 4 rings (SSSR count). The van der Waals surface area contributed by atoms with Gasteiger partial charge in [0.2, 0.25) is 11.8 Å². The number of carbonyl (C=O) groups is 2. The molecular formula is C31H39FN6O3. The van der Waals surface area contributed by atoms with E-state index in [1.165, 1.54) is 6.07 Å². The number of aromatic nitrogens is 3. The highest BCUT2D eigenvalue weighted by molar-refractivity contribution is 5.89. The van der Waals surface area contributed by atoms with Crippen LogP contribution in [0.2, 0.25) is 0 Å². The first-order valence-electron chi connectivity index (χ1n) is 14.0. The summed E-state index contributed by atoms with van der Waals surface area (Å²) in [7, 11) is 1.60. The third-order valence-electron chi connectivity index (χ3n) is 7.37. The van der Waals surface area contributed by atoms with Crippen LogP contribution in [0.4, 0.5) is 4.39 Å². The van der Waals surface area contributed by atoms with Crippen LogP contribution in [-0.2, 0) is 20.9 Å². The summed E-state index contributed by atoms with van der Waals surface area (Å²) >= 11 is 0. The number of hydrogen-bond acceptors (Lipinski definition) is 7. The number of halogens is 1. The van der Waals surface area contributed by atoms with Crippen LogP contribution in [0.1, 0.15) is 50.1 Å². The molecule has 41 heavy (non-hydrogen) atoms. The van der Waals surface area contributed by atoms with Crippen molar-refractivity contribution in [2.45, 2.75) is 58.8 Å². The molecule has 1 fully saturated rings. The summed E-state index contributed by atoms with van der Waals surface area (Å²) in [5.41, 5.74) is 2.85. The number of benzene rings is 1. The first-order valence-corrected chi connectivity index (χ1v) is 14.0. The Morgan fingerprint density at radius 3 is 2.46 bits per heavy atom.